The van der Waals surface area contributed by atoms with E-state index >= 15 is 0 Å². The molecule has 0 fully saturated rings. The van der Waals surface area contributed by atoms with Crippen molar-refractivity contribution in [3.8, 4) is 56.0 Å². The zero-order chi connectivity index (χ0) is 31.9. The zero-order valence-electron chi connectivity index (χ0n) is 26.2. The summed E-state index contributed by atoms with van der Waals surface area (Å²) in [6, 6.07) is 64.6. The molecule has 1 aromatic heterocycles. The minimum atomic E-state index is 0.732. The summed E-state index contributed by atoms with van der Waals surface area (Å²) < 4.78 is 0. The van der Waals surface area contributed by atoms with Crippen LogP contribution in [0.1, 0.15) is 0 Å². The highest BCUT2D eigenvalue weighted by Gasteiger charge is 2.15. The minimum Gasteiger partial charge on any atom is -0.228 e. The van der Waals surface area contributed by atoms with Gasteiger partial charge in [-0.15, -0.1) is 0 Å². The lowest BCUT2D eigenvalue weighted by Gasteiger charge is -2.13. The molecule has 2 heteroatoms. The molecule has 224 valence electrons. The number of rotatable bonds is 5. The second-order valence-electron chi connectivity index (χ2n) is 12.2. The second kappa shape index (κ2) is 11.8. The molecule has 0 radical (unpaired) electrons. The molecule has 9 aromatic rings. The lowest BCUT2D eigenvalue weighted by Crippen LogP contribution is -1.96. The van der Waals surface area contributed by atoms with Crippen molar-refractivity contribution in [2.75, 3.05) is 0 Å². The lowest BCUT2D eigenvalue weighted by molar-refractivity contribution is 1.23. The number of nitrogens with zero attached hydrogens (tertiary/aromatic N) is 2. The molecule has 0 saturated carbocycles. The summed E-state index contributed by atoms with van der Waals surface area (Å²) in [6.45, 7) is 0. The molecule has 0 N–H and O–H groups in total. The number of aromatic nitrogens is 2. The Hall–Kier alpha value is -6.38. The summed E-state index contributed by atoms with van der Waals surface area (Å²) in [5.74, 6) is 0.732. The van der Waals surface area contributed by atoms with E-state index in [1.54, 1.807) is 0 Å². The number of fused-ring (bicyclic) bond motifs is 4. The van der Waals surface area contributed by atoms with Crippen LogP contribution in [0.25, 0.3) is 88.5 Å². The van der Waals surface area contributed by atoms with Gasteiger partial charge in [0.15, 0.2) is 5.82 Å². The van der Waals surface area contributed by atoms with Crippen LogP contribution in [0.2, 0.25) is 0 Å². The van der Waals surface area contributed by atoms with Crippen molar-refractivity contribution < 1.29 is 0 Å². The van der Waals surface area contributed by atoms with Crippen LogP contribution in [0.5, 0.6) is 0 Å². The van der Waals surface area contributed by atoms with Gasteiger partial charge in [-0.25, -0.2) is 9.97 Å². The van der Waals surface area contributed by atoms with Gasteiger partial charge in [-0.05, 0) is 73.1 Å². The highest BCUT2D eigenvalue weighted by atomic mass is 14.9. The number of hydrogen-bond donors (Lipinski definition) is 0. The maximum absolute atomic E-state index is 5.19. The van der Waals surface area contributed by atoms with Crippen LogP contribution < -0.4 is 0 Å². The van der Waals surface area contributed by atoms with Crippen LogP contribution in [-0.4, -0.2) is 9.97 Å². The van der Waals surface area contributed by atoms with Crippen molar-refractivity contribution >= 4 is 32.4 Å². The van der Waals surface area contributed by atoms with E-state index in [2.05, 4.69) is 164 Å². The zero-order valence-corrected chi connectivity index (χ0v) is 26.2. The first-order chi connectivity index (χ1) is 23.8. The molecule has 0 aliphatic carbocycles. The van der Waals surface area contributed by atoms with E-state index in [9.17, 15) is 0 Å². The van der Waals surface area contributed by atoms with Crippen LogP contribution >= 0.6 is 0 Å². The maximum Gasteiger partial charge on any atom is 0.160 e. The Balaban J connectivity index is 1.11. The van der Waals surface area contributed by atoms with E-state index < -0.39 is 0 Å². The summed E-state index contributed by atoms with van der Waals surface area (Å²) in [6.07, 6.45) is 0. The number of hydrogen-bond acceptors (Lipinski definition) is 2. The summed E-state index contributed by atoms with van der Waals surface area (Å²) in [7, 11) is 0. The van der Waals surface area contributed by atoms with Crippen LogP contribution in [-0.2, 0) is 0 Å². The Bertz CT molecular complexity index is 2600. The van der Waals surface area contributed by atoms with Crippen LogP contribution in [0.3, 0.4) is 0 Å². The first kappa shape index (κ1) is 27.9. The van der Waals surface area contributed by atoms with Crippen LogP contribution in [0.4, 0.5) is 0 Å². The summed E-state index contributed by atoms with van der Waals surface area (Å²) in [4.78, 5) is 10.2. The fraction of sp³-hybridized carbons (Fsp3) is 0. The van der Waals surface area contributed by atoms with Crippen molar-refractivity contribution in [1.29, 1.82) is 0 Å². The average molecular weight is 611 g/mol. The SMILES string of the molecule is c1ccc(-c2nc(-c3ccc(-c4cccc(-c5cccc(-c6cccc7ccccc67)c5)c4)cc3)c3c(ccc4ccccc43)n2)cc1. The van der Waals surface area contributed by atoms with E-state index in [1.807, 2.05) is 18.2 Å². The third-order valence-electron chi connectivity index (χ3n) is 9.27. The van der Waals surface area contributed by atoms with Gasteiger partial charge in [0.1, 0.15) is 0 Å². The second-order valence-corrected chi connectivity index (χ2v) is 12.2. The quantitative estimate of drug-likeness (QED) is 0.181. The van der Waals surface area contributed by atoms with Gasteiger partial charge in [0.25, 0.3) is 0 Å². The highest BCUT2D eigenvalue weighted by Crippen LogP contribution is 2.36. The van der Waals surface area contributed by atoms with Crippen molar-refractivity contribution in [2.24, 2.45) is 0 Å². The van der Waals surface area contributed by atoms with E-state index in [0.717, 1.165) is 44.5 Å². The Morgan fingerprint density at radius 1 is 0.312 bits per heavy atom. The maximum atomic E-state index is 5.19. The molecule has 0 atom stereocenters. The van der Waals surface area contributed by atoms with Crippen molar-refractivity contribution in [3.05, 3.63) is 182 Å². The van der Waals surface area contributed by atoms with Gasteiger partial charge in [-0.3, -0.25) is 0 Å². The van der Waals surface area contributed by atoms with Gasteiger partial charge < -0.3 is 0 Å². The largest absolute Gasteiger partial charge is 0.228 e. The first-order valence-electron chi connectivity index (χ1n) is 16.3. The molecule has 1 heterocycles. The molecule has 8 aromatic carbocycles. The molecule has 0 bridgehead atoms. The molecule has 0 saturated heterocycles. The summed E-state index contributed by atoms with van der Waals surface area (Å²) in [5, 5.41) is 5.94. The van der Waals surface area contributed by atoms with Crippen molar-refractivity contribution in [3.63, 3.8) is 0 Å². The normalized spacial score (nSPS) is 11.3. The van der Waals surface area contributed by atoms with Gasteiger partial charge >= 0.3 is 0 Å². The molecule has 48 heavy (non-hydrogen) atoms. The summed E-state index contributed by atoms with van der Waals surface area (Å²) >= 11 is 0. The molecular weight excluding hydrogens is 581 g/mol. The molecule has 9 rings (SSSR count). The Morgan fingerprint density at radius 3 is 1.62 bits per heavy atom. The molecular formula is C46H30N2. The predicted molar refractivity (Wildman–Crippen MR) is 202 cm³/mol. The van der Waals surface area contributed by atoms with Gasteiger partial charge in [0.2, 0.25) is 0 Å². The Kier molecular flexibility index (Phi) is 6.84. The molecule has 2 nitrogen and oxygen atoms in total. The van der Waals surface area contributed by atoms with Crippen LogP contribution in [0.15, 0.2) is 182 Å². The third kappa shape index (κ3) is 5.01. The van der Waals surface area contributed by atoms with E-state index in [1.165, 1.54) is 44.0 Å². The molecule has 0 unspecified atom stereocenters. The van der Waals surface area contributed by atoms with Crippen molar-refractivity contribution in [1.82, 2.24) is 9.97 Å². The standard InChI is InChI=1S/C46H30N2/c1-2-13-35(14-3-1)46-47-43-28-27-33-12-5-7-21-42(33)44(43)45(48-46)34-25-23-31(24-26-34)36-16-8-17-37(29-36)38-18-9-19-39(30-38)41-22-10-15-32-11-4-6-20-40(32)41/h1-30H. The van der Waals surface area contributed by atoms with E-state index in [4.69, 9.17) is 9.97 Å². The van der Waals surface area contributed by atoms with Gasteiger partial charge in [-0.2, -0.15) is 0 Å². The summed E-state index contributed by atoms with van der Waals surface area (Å²) in [5.41, 5.74) is 11.2. The Labute approximate surface area is 279 Å². The van der Waals surface area contributed by atoms with Gasteiger partial charge in [-0.1, -0.05) is 164 Å². The van der Waals surface area contributed by atoms with Crippen molar-refractivity contribution in [2.45, 2.75) is 0 Å². The molecule has 0 aliphatic heterocycles. The smallest absolute Gasteiger partial charge is 0.160 e. The monoisotopic (exact) mass is 610 g/mol. The first-order valence-corrected chi connectivity index (χ1v) is 16.3. The third-order valence-corrected chi connectivity index (χ3v) is 9.27. The van der Waals surface area contributed by atoms with Gasteiger partial charge in [0.05, 0.1) is 11.2 Å². The number of benzene rings is 8. The topological polar surface area (TPSA) is 25.8 Å². The predicted octanol–water partition coefficient (Wildman–Crippen LogP) is 12.3. The minimum absolute atomic E-state index is 0.732. The lowest BCUT2D eigenvalue weighted by atomic mass is 9.93. The fourth-order valence-corrected chi connectivity index (χ4v) is 6.87. The molecule has 0 amide bonds. The molecule has 0 aliphatic rings. The van der Waals surface area contributed by atoms with E-state index in [0.29, 0.717) is 0 Å². The highest BCUT2D eigenvalue weighted by molar-refractivity contribution is 6.12. The fourth-order valence-electron chi connectivity index (χ4n) is 6.87. The molecule has 0 spiro atoms. The average Bonchev–Trinajstić information content (AvgIpc) is 3.17. The Morgan fingerprint density at radius 2 is 0.854 bits per heavy atom. The van der Waals surface area contributed by atoms with E-state index in [-0.39, 0.29) is 0 Å². The van der Waals surface area contributed by atoms with Gasteiger partial charge in [0, 0.05) is 16.5 Å². The van der Waals surface area contributed by atoms with Crippen LogP contribution in [0, 0.1) is 0 Å².